The van der Waals surface area contributed by atoms with Crippen LogP contribution < -0.4 is 0 Å². The van der Waals surface area contributed by atoms with Crippen molar-refractivity contribution in [3.05, 3.63) is 18.2 Å². The van der Waals surface area contributed by atoms with Crippen LogP contribution >= 0.6 is 15.9 Å². The molecule has 0 N–H and O–H groups in total. The third-order valence-electron chi connectivity index (χ3n) is 3.49. The van der Waals surface area contributed by atoms with Gasteiger partial charge >= 0.3 is 0 Å². The topological polar surface area (TPSA) is 27.1 Å². The van der Waals surface area contributed by atoms with E-state index in [9.17, 15) is 0 Å². The van der Waals surface area contributed by atoms with Crippen molar-refractivity contribution in [1.29, 1.82) is 0 Å². The van der Waals surface area contributed by atoms with E-state index in [4.69, 9.17) is 4.74 Å². The fourth-order valence-electron chi connectivity index (χ4n) is 2.29. The predicted molar refractivity (Wildman–Crippen MR) is 67.8 cm³/mol. The summed E-state index contributed by atoms with van der Waals surface area (Å²) in [6.07, 6.45) is 8.53. The highest BCUT2D eigenvalue weighted by atomic mass is 79.9. The molecule has 4 heteroatoms. The van der Waals surface area contributed by atoms with Gasteiger partial charge in [-0.25, -0.2) is 4.98 Å². The van der Waals surface area contributed by atoms with Gasteiger partial charge in [-0.15, -0.1) is 0 Å². The van der Waals surface area contributed by atoms with Crippen molar-refractivity contribution in [2.45, 2.75) is 25.7 Å². The first kappa shape index (κ1) is 12.1. The number of nitrogens with zero attached hydrogens (tertiary/aromatic N) is 2. The monoisotopic (exact) mass is 286 g/mol. The summed E-state index contributed by atoms with van der Waals surface area (Å²) >= 11 is 3.64. The Labute approximate surface area is 105 Å². The molecule has 1 aromatic heterocycles. The maximum atomic E-state index is 5.62. The zero-order valence-electron chi connectivity index (χ0n) is 9.79. The minimum Gasteiger partial charge on any atom is -0.381 e. The molecule has 0 spiro atoms. The summed E-state index contributed by atoms with van der Waals surface area (Å²) < 4.78 is 7.72. The third kappa shape index (κ3) is 2.66. The maximum Gasteiger partial charge on any atom is 0.108 e. The molecule has 0 aliphatic carbocycles. The Morgan fingerprint density at radius 1 is 1.62 bits per heavy atom. The molecule has 0 saturated carbocycles. The Morgan fingerprint density at radius 3 is 3.06 bits per heavy atom. The molecule has 0 aromatic carbocycles. The van der Waals surface area contributed by atoms with Crippen molar-refractivity contribution in [3.63, 3.8) is 0 Å². The molecule has 1 fully saturated rings. The van der Waals surface area contributed by atoms with Crippen LogP contribution in [-0.2, 0) is 18.2 Å². The van der Waals surface area contributed by atoms with Crippen LogP contribution in [-0.4, -0.2) is 28.1 Å². The molecule has 2 rings (SSSR count). The molecular weight excluding hydrogens is 268 g/mol. The zero-order valence-corrected chi connectivity index (χ0v) is 11.4. The summed E-state index contributed by atoms with van der Waals surface area (Å²) in [6, 6.07) is 0. The number of rotatable bonds is 4. The molecule has 0 radical (unpaired) electrons. The van der Waals surface area contributed by atoms with Gasteiger partial charge in [-0.05, 0) is 19.3 Å². The maximum absolute atomic E-state index is 5.62. The lowest BCUT2D eigenvalue weighted by Crippen LogP contribution is -2.34. The largest absolute Gasteiger partial charge is 0.381 e. The molecule has 1 saturated heterocycles. The Hall–Kier alpha value is -0.350. The highest BCUT2D eigenvalue weighted by Crippen LogP contribution is 2.35. The van der Waals surface area contributed by atoms with E-state index >= 15 is 0 Å². The van der Waals surface area contributed by atoms with E-state index in [0.717, 1.165) is 31.4 Å². The molecule has 0 bridgehead atoms. The second-order valence-electron chi connectivity index (χ2n) is 4.74. The molecule has 1 aliphatic heterocycles. The van der Waals surface area contributed by atoms with E-state index in [1.807, 2.05) is 12.4 Å². The van der Waals surface area contributed by atoms with Gasteiger partial charge in [0, 0.05) is 43.2 Å². The van der Waals surface area contributed by atoms with Crippen LogP contribution in [0.5, 0.6) is 0 Å². The third-order valence-corrected chi connectivity index (χ3v) is 4.68. The van der Waals surface area contributed by atoms with Crippen molar-refractivity contribution < 1.29 is 4.74 Å². The molecule has 1 aromatic rings. The van der Waals surface area contributed by atoms with Crippen LogP contribution in [0.15, 0.2) is 12.4 Å². The van der Waals surface area contributed by atoms with E-state index in [0.29, 0.717) is 5.41 Å². The van der Waals surface area contributed by atoms with Crippen LogP contribution in [0.4, 0.5) is 0 Å². The smallest absolute Gasteiger partial charge is 0.108 e. The van der Waals surface area contributed by atoms with E-state index in [2.05, 4.69) is 32.5 Å². The Balaban J connectivity index is 1.94. The Bertz CT molecular complexity index is 332. The molecule has 0 amide bonds. The van der Waals surface area contributed by atoms with Gasteiger partial charge in [0.15, 0.2) is 0 Å². The molecule has 90 valence electrons. The molecule has 16 heavy (non-hydrogen) atoms. The fraction of sp³-hybridized carbons (Fsp3) is 0.750. The number of halogens is 1. The quantitative estimate of drug-likeness (QED) is 0.796. The van der Waals surface area contributed by atoms with Gasteiger partial charge in [-0.1, -0.05) is 15.9 Å². The van der Waals surface area contributed by atoms with Crippen molar-refractivity contribution in [3.8, 4) is 0 Å². The van der Waals surface area contributed by atoms with Crippen molar-refractivity contribution in [2.24, 2.45) is 12.5 Å². The Kier molecular flexibility index (Phi) is 4.03. The summed E-state index contributed by atoms with van der Waals surface area (Å²) in [5.41, 5.74) is 0.324. The van der Waals surface area contributed by atoms with Crippen LogP contribution in [0.2, 0.25) is 0 Å². The summed E-state index contributed by atoms with van der Waals surface area (Å²) in [4.78, 5) is 4.37. The zero-order chi connectivity index (χ0) is 11.4. The van der Waals surface area contributed by atoms with E-state index in [-0.39, 0.29) is 0 Å². The second kappa shape index (κ2) is 5.32. The van der Waals surface area contributed by atoms with Gasteiger partial charge in [0.2, 0.25) is 0 Å². The van der Waals surface area contributed by atoms with Gasteiger partial charge in [-0.2, -0.15) is 0 Å². The molecule has 1 unspecified atom stereocenters. The van der Waals surface area contributed by atoms with Crippen LogP contribution in [0.3, 0.4) is 0 Å². The van der Waals surface area contributed by atoms with Gasteiger partial charge in [-0.3, -0.25) is 0 Å². The fourth-order valence-corrected chi connectivity index (χ4v) is 3.02. The summed E-state index contributed by atoms with van der Waals surface area (Å²) in [5.74, 6) is 1.17. The van der Waals surface area contributed by atoms with Gasteiger partial charge in [0.05, 0.1) is 6.61 Å². The molecule has 3 nitrogen and oxygen atoms in total. The van der Waals surface area contributed by atoms with E-state index < -0.39 is 0 Å². The van der Waals surface area contributed by atoms with E-state index in [1.165, 1.54) is 18.7 Å². The van der Waals surface area contributed by atoms with Crippen LogP contribution in [0, 0.1) is 5.41 Å². The van der Waals surface area contributed by atoms with Crippen molar-refractivity contribution in [2.75, 3.05) is 18.5 Å². The standard InChI is InChI=1S/C12H19BrN2O/c1-15-7-6-14-11(15)3-5-12(9-13)4-2-8-16-10-12/h6-7H,2-5,8-10H2,1H3. The average Bonchev–Trinajstić information content (AvgIpc) is 2.74. The first-order chi connectivity index (χ1) is 7.76. The van der Waals surface area contributed by atoms with Gasteiger partial charge in [0.1, 0.15) is 5.82 Å². The lowest BCUT2D eigenvalue weighted by Gasteiger charge is -2.35. The summed E-state index contributed by atoms with van der Waals surface area (Å²) in [7, 11) is 2.06. The molecule has 1 aliphatic rings. The SMILES string of the molecule is Cn1ccnc1CCC1(CBr)CCCOC1. The highest BCUT2D eigenvalue weighted by molar-refractivity contribution is 9.09. The number of aromatic nitrogens is 2. The second-order valence-corrected chi connectivity index (χ2v) is 5.30. The summed E-state index contributed by atoms with van der Waals surface area (Å²) in [6.45, 7) is 1.82. The lowest BCUT2D eigenvalue weighted by atomic mass is 9.80. The number of aryl methyl sites for hydroxylation is 2. The Morgan fingerprint density at radius 2 is 2.50 bits per heavy atom. The number of ether oxygens (including phenoxy) is 1. The number of imidazole rings is 1. The van der Waals surface area contributed by atoms with Crippen molar-refractivity contribution in [1.82, 2.24) is 9.55 Å². The molecule has 1 atom stereocenters. The van der Waals surface area contributed by atoms with Gasteiger partial charge < -0.3 is 9.30 Å². The number of alkyl halides is 1. The predicted octanol–water partition coefficient (Wildman–Crippen LogP) is 2.54. The molecule has 2 heterocycles. The van der Waals surface area contributed by atoms with E-state index in [1.54, 1.807) is 0 Å². The number of hydrogen-bond donors (Lipinski definition) is 0. The number of hydrogen-bond acceptors (Lipinski definition) is 2. The normalized spacial score (nSPS) is 25.9. The first-order valence-electron chi connectivity index (χ1n) is 5.86. The summed E-state index contributed by atoms with van der Waals surface area (Å²) in [5, 5.41) is 1.03. The lowest BCUT2D eigenvalue weighted by molar-refractivity contribution is 0.00137. The average molecular weight is 287 g/mol. The highest BCUT2D eigenvalue weighted by Gasteiger charge is 2.31. The first-order valence-corrected chi connectivity index (χ1v) is 6.98. The van der Waals surface area contributed by atoms with Gasteiger partial charge in [0.25, 0.3) is 0 Å². The minimum absolute atomic E-state index is 0.324. The minimum atomic E-state index is 0.324. The van der Waals surface area contributed by atoms with Crippen LogP contribution in [0.1, 0.15) is 25.1 Å². The van der Waals surface area contributed by atoms with Crippen LogP contribution in [0.25, 0.3) is 0 Å². The van der Waals surface area contributed by atoms with Crippen molar-refractivity contribution >= 4 is 15.9 Å². The molecular formula is C12H19BrN2O.